The number of carbonyl (C=O) groups is 2. The fourth-order valence-corrected chi connectivity index (χ4v) is 1.49. The molecule has 0 aliphatic carbocycles. The molecule has 0 radical (unpaired) electrons. The molecule has 0 saturated carbocycles. The van der Waals surface area contributed by atoms with Crippen molar-refractivity contribution in [3.63, 3.8) is 0 Å². The van der Waals surface area contributed by atoms with E-state index in [1.807, 2.05) is 13.0 Å². The quantitative estimate of drug-likeness (QED) is 0.498. The molecule has 8 heteroatoms. The van der Waals surface area contributed by atoms with Gasteiger partial charge in [0.15, 0.2) is 5.82 Å². The van der Waals surface area contributed by atoms with Crippen molar-refractivity contribution >= 4 is 24.3 Å². The maximum atomic E-state index is 12.3. The first kappa shape index (κ1) is 20.4. The molecule has 1 aromatic rings. The van der Waals surface area contributed by atoms with Gasteiger partial charge >= 0.3 is 12.2 Å². The number of aliphatic imine (C=N–C) groups is 1. The summed E-state index contributed by atoms with van der Waals surface area (Å²) in [5, 5.41) is 0.820. The van der Waals surface area contributed by atoms with Gasteiger partial charge in [-0.2, -0.15) is 5.01 Å². The minimum absolute atomic E-state index is 0.380. The van der Waals surface area contributed by atoms with E-state index in [4.69, 9.17) is 9.47 Å². The van der Waals surface area contributed by atoms with Crippen LogP contribution in [0.5, 0.6) is 0 Å². The molecule has 1 rings (SSSR count). The van der Waals surface area contributed by atoms with Crippen molar-refractivity contribution in [2.45, 2.75) is 59.7 Å². The minimum Gasteiger partial charge on any atom is -0.443 e. The Kier molecular flexibility index (Phi) is 6.49. The third kappa shape index (κ3) is 8.69. The molecule has 0 aliphatic heterocycles. The maximum absolute atomic E-state index is 12.3. The van der Waals surface area contributed by atoms with E-state index in [-0.39, 0.29) is 0 Å². The Balaban J connectivity index is 2.92. The summed E-state index contributed by atoms with van der Waals surface area (Å²) >= 11 is 0. The summed E-state index contributed by atoms with van der Waals surface area (Å²) < 4.78 is 10.4. The zero-order chi connectivity index (χ0) is 19.3. The number of hydrogen-bond donors (Lipinski definition) is 1. The number of hydrogen-bond acceptors (Lipinski definition) is 6. The highest BCUT2D eigenvalue weighted by atomic mass is 16.6. The lowest BCUT2D eigenvalue weighted by atomic mass is 10.2. The summed E-state index contributed by atoms with van der Waals surface area (Å²) in [5.41, 5.74) is 1.84. The number of pyridine rings is 1. The van der Waals surface area contributed by atoms with Crippen LogP contribution >= 0.6 is 0 Å². The molecule has 1 heterocycles. The SMILES string of the molecule is Cc1ccc(N=CN(NC(=O)OC(C)(C)C)C(=O)OC(C)(C)C)nc1. The van der Waals surface area contributed by atoms with Crippen LogP contribution in [0.4, 0.5) is 15.4 Å². The summed E-state index contributed by atoms with van der Waals surface area (Å²) in [5.74, 6) is 0.380. The van der Waals surface area contributed by atoms with Crippen LogP contribution in [0.15, 0.2) is 23.3 Å². The Bertz CT molecular complexity index is 628. The standard InChI is InChI=1S/C17H26N4O4/c1-12-8-9-13(18-10-12)19-11-21(15(23)25-17(5,6)7)20-14(22)24-16(2,3)4/h8-11H,1-7H3,(H,20,22). The van der Waals surface area contributed by atoms with Crippen LogP contribution in [-0.2, 0) is 9.47 Å². The minimum atomic E-state index is -0.804. The molecule has 0 spiro atoms. The Hall–Kier alpha value is -2.64. The van der Waals surface area contributed by atoms with E-state index in [9.17, 15) is 9.59 Å². The monoisotopic (exact) mass is 350 g/mol. The molecule has 138 valence electrons. The van der Waals surface area contributed by atoms with Gasteiger partial charge in [0.25, 0.3) is 0 Å². The molecule has 0 aromatic carbocycles. The predicted molar refractivity (Wildman–Crippen MR) is 94.6 cm³/mol. The normalized spacial score (nSPS) is 12.0. The van der Waals surface area contributed by atoms with Crippen molar-refractivity contribution in [1.82, 2.24) is 15.4 Å². The van der Waals surface area contributed by atoms with E-state index in [0.717, 1.165) is 16.9 Å². The molecule has 0 atom stereocenters. The number of hydrazine groups is 1. The van der Waals surface area contributed by atoms with Gasteiger partial charge in [0, 0.05) is 6.20 Å². The lowest BCUT2D eigenvalue weighted by Gasteiger charge is -2.26. The molecule has 0 aliphatic rings. The fourth-order valence-electron chi connectivity index (χ4n) is 1.49. The van der Waals surface area contributed by atoms with E-state index in [1.54, 1.807) is 53.8 Å². The number of nitrogens with zero attached hydrogens (tertiary/aromatic N) is 3. The highest BCUT2D eigenvalue weighted by Gasteiger charge is 2.25. The number of aryl methyl sites for hydroxylation is 1. The highest BCUT2D eigenvalue weighted by Crippen LogP contribution is 2.11. The van der Waals surface area contributed by atoms with E-state index < -0.39 is 23.4 Å². The van der Waals surface area contributed by atoms with Crippen molar-refractivity contribution in [2.24, 2.45) is 4.99 Å². The molecular formula is C17H26N4O4. The average Bonchev–Trinajstić information content (AvgIpc) is 2.41. The van der Waals surface area contributed by atoms with Gasteiger partial charge < -0.3 is 9.47 Å². The molecule has 0 fully saturated rings. The lowest BCUT2D eigenvalue weighted by molar-refractivity contribution is 0.0174. The van der Waals surface area contributed by atoms with Gasteiger partial charge in [-0.1, -0.05) is 6.07 Å². The van der Waals surface area contributed by atoms with Gasteiger partial charge in [0.2, 0.25) is 0 Å². The number of amides is 2. The molecular weight excluding hydrogens is 324 g/mol. The van der Waals surface area contributed by atoms with Gasteiger partial charge in [-0.05, 0) is 60.1 Å². The van der Waals surface area contributed by atoms with Crippen LogP contribution < -0.4 is 5.43 Å². The largest absolute Gasteiger partial charge is 0.443 e. The zero-order valence-corrected chi connectivity index (χ0v) is 15.8. The van der Waals surface area contributed by atoms with E-state index in [0.29, 0.717) is 5.82 Å². The van der Waals surface area contributed by atoms with Gasteiger partial charge in [0.1, 0.15) is 17.5 Å². The summed E-state index contributed by atoms with van der Waals surface area (Å²) in [6.45, 7) is 12.2. The first-order valence-corrected chi connectivity index (χ1v) is 7.84. The van der Waals surface area contributed by atoms with E-state index >= 15 is 0 Å². The lowest BCUT2D eigenvalue weighted by Crippen LogP contribution is -2.49. The van der Waals surface area contributed by atoms with Gasteiger partial charge in [-0.25, -0.2) is 25.0 Å². The third-order valence-electron chi connectivity index (χ3n) is 2.40. The Morgan fingerprint density at radius 1 is 1.12 bits per heavy atom. The summed E-state index contributed by atoms with van der Waals surface area (Å²) in [6, 6.07) is 3.52. The molecule has 1 N–H and O–H groups in total. The zero-order valence-electron chi connectivity index (χ0n) is 15.8. The van der Waals surface area contributed by atoms with Crippen LogP contribution in [0.1, 0.15) is 47.1 Å². The van der Waals surface area contributed by atoms with Crippen LogP contribution in [0.2, 0.25) is 0 Å². The third-order valence-corrected chi connectivity index (χ3v) is 2.40. The van der Waals surface area contributed by atoms with E-state index in [1.165, 1.54) is 0 Å². The van der Waals surface area contributed by atoms with Crippen molar-refractivity contribution < 1.29 is 19.1 Å². The maximum Gasteiger partial charge on any atom is 0.435 e. The van der Waals surface area contributed by atoms with Crippen molar-refractivity contribution in [2.75, 3.05) is 0 Å². The molecule has 8 nitrogen and oxygen atoms in total. The van der Waals surface area contributed by atoms with E-state index in [2.05, 4.69) is 15.4 Å². The van der Waals surface area contributed by atoms with Gasteiger partial charge in [-0.3, -0.25) is 0 Å². The molecule has 0 unspecified atom stereocenters. The number of ether oxygens (including phenoxy) is 2. The van der Waals surface area contributed by atoms with Gasteiger partial charge in [-0.15, -0.1) is 0 Å². The first-order chi connectivity index (χ1) is 11.4. The second kappa shape index (κ2) is 7.96. The summed E-state index contributed by atoms with van der Waals surface area (Å²) in [7, 11) is 0. The predicted octanol–water partition coefficient (Wildman–Crippen LogP) is 3.73. The summed E-state index contributed by atoms with van der Waals surface area (Å²) in [6.07, 6.45) is 1.16. The smallest absolute Gasteiger partial charge is 0.435 e. The number of rotatable bonds is 2. The number of aromatic nitrogens is 1. The van der Waals surface area contributed by atoms with Crippen LogP contribution in [-0.4, -0.2) is 39.7 Å². The second-order valence-corrected chi connectivity index (χ2v) is 7.40. The van der Waals surface area contributed by atoms with Crippen LogP contribution in [0, 0.1) is 6.92 Å². The summed E-state index contributed by atoms with van der Waals surface area (Å²) in [4.78, 5) is 32.4. The highest BCUT2D eigenvalue weighted by molar-refractivity contribution is 5.86. The van der Waals surface area contributed by atoms with Crippen LogP contribution in [0.25, 0.3) is 0 Å². The molecule has 1 aromatic heterocycles. The Morgan fingerprint density at radius 3 is 2.20 bits per heavy atom. The molecule has 0 saturated heterocycles. The Morgan fingerprint density at radius 2 is 1.72 bits per heavy atom. The molecule has 25 heavy (non-hydrogen) atoms. The van der Waals surface area contributed by atoms with Crippen molar-refractivity contribution in [3.8, 4) is 0 Å². The fraction of sp³-hybridized carbons (Fsp3) is 0.529. The molecule has 0 bridgehead atoms. The Labute approximate surface area is 148 Å². The topological polar surface area (TPSA) is 93.1 Å². The van der Waals surface area contributed by atoms with Crippen LogP contribution in [0.3, 0.4) is 0 Å². The first-order valence-electron chi connectivity index (χ1n) is 7.84. The molecule has 2 amide bonds. The average molecular weight is 350 g/mol. The number of carbonyl (C=O) groups excluding carboxylic acids is 2. The second-order valence-electron chi connectivity index (χ2n) is 7.40. The van der Waals surface area contributed by atoms with Crippen molar-refractivity contribution in [1.29, 1.82) is 0 Å². The van der Waals surface area contributed by atoms with Gasteiger partial charge in [0.05, 0.1) is 0 Å². The number of nitrogens with one attached hydrogen (secondary N) is 1. The van der Waals surface area contributed by atoms with Crippen molar-refractivity contribution in [3.05, 3.63) is 23.9 Å².